The molecule has 26 heavy (non-hydrogen) atoms. The van der Waals surface area contributed by atoms with E-state index in [1.165, 1.54) is 0 Å². The number of aromatic nitrogens is 3. The van der Waals surface area contributed by atoms with Crippen LogP contribution in [0.5, 0.6) is 11.5 Å². The number of nitrogens with zero attached hydrogens (tertiary/aromatic N) is 3. The Hall–Kier alpha value is -3.05. The number of hydrogen-bond acceptors (Lipinski definition) is 4. The zero-order chi connectivity index (χ0) is 17.9. The van der Waals surface area contributed by atoms with Crippen LogP contribution in [0.15, 0.2) is 67.1 Å². The largest absolute Gasteiger partial charge is 0.496 e. The first-order valence-corrected chi connectivity index (χ1v) is 8.46. The van der Waals surface area contributed by atoms with E-state index in [4.69, 9.17) is 21.1 Å². The Morgan fingerprint density at radius 3 is 2.73 bits per heavy atom. The van der Waals surface area contributed by atoms with Gasteiger partial charge < -0.3 is 9.47 Å². The summed E-state index contributed by atoms with van der Waals surface area (Å²) in [4.78, 5) is 8.93. The van der Waals surface area contributed by atoms with E-state index in [2.05, 4.69) is 9.97 Å². The highest BCUT2D eigenvalue weighted by atomic mass is 35.5. The molecule has 2 heterocycles. The highest BCUT2D eigenvalue weighted by Crippen LogP contribution is 2.32. The van der Waals surface area contributed by atoms with Gasteiger partial charge in [-0.25, -0.2) is 9.97 Å². The number of imidazole rings is 1. The van der Waals surface area contributed by atoms with Gasteiger partial charge in [0.25, 0.3) is 0 Å². The zero-order valence-electron chi connectivity index (χ0n) is 14.1. The minimum atomic E-state index is 0.382. The number of fused-ring (bicyclic) bond motifs is 1. The van der Waals surface area contributed by atoms with Crippen molar-refractivity contribution >= 4 is 17.4 Å². The molecule has 5 nitrogen and oxygen atoms in total. The van der Waals surface area contributed by atoms with Gasteiger partial charge >= 0.3 is 0 Å². The van der Waals surface area contributed by atoms with Crippen LogP contribution >= 0.6 is 11.6 Å². The highest BCUT2D eigenvalue weighted by molar-refractivity contribution is 6.30. The fraction of sp³-hybridized carbons (Fsp3) is 0.100. The minimum Gasteiger partial charge on any atom is -0.496 e. The van der Waals surface area contributed by atoms with Crippen LogP contribution in [0.3, 0.4) is 0 Å². The molecule has 2 aromatic carbocycles. The van der Waals surface area contributed by atoms with Crippen LogP contribution < -0.4 is 9.47 Å². The molecule has 0 aliphatic heterocycles. The van der Waals surface area contributed by atoms with Crippen LogP contribution in [0.1, 0.15) is 5.69 Å². The molecule has 0 amide bonds. The molecule has 0 N–H and O–H groups in total. The maximum atomic E-state index is 6.04. The Kier molecular flexibility index (Phi) is 4.46. The number of ether oxygens (including phenoxy) is 2. The normalized spacial score (nSPS) is 10.8. The Balaban J connectivity index is 1.62. The lowest BCUT2D eigenvalue weighted by Gasteiger charge is -2.09. The van der Waals surface area contributed by atoms with Crippen LogP contribution in [0.2, 0.25) is 5.02 Å². The third-order valence-electron chi connectivity index (χ3n) is 3.96. The first-order chi connectivity index (χ1) is 12.7. The molecule has 0 unspecified atom stereocenters. The van der Waals surface area contributed by atoms with Crippen molar-refractivity contribution in [3.8, 4) is 22.6 Å². The number of benzene rings is 2. The first kappa shape index (κ1) is 16.4. The third kappa shape index (κ3) is 3.34. The summed E-state index contributed by atoms with van der Waals surface area (Å²) in [7, 11) is 1.62. The molecule has 0 atom stereocenters. The van der Waals surface area contributed by atoms with Gasteiger partial charge in [0, 0.05) is 34.7 Å². The second-order valence-electron chi connectivity index (χ2n) is 5.73. The summed E-state index contributed by atoms with van der Waals surface area (Å²) in [6, 6.07) is 15.2. The average Bonchev–Trinajstić information content (AvgIpc) is 3.09. The summed E-state index contributed by atoms with van der Waals surface area (Å²) in [5.41, 5.74) is 2.64. The third-order valence-corrected chi connectivity index (χ3v) is 4.20. The summed E-state index contributed by atoms with van der Waals surface area (Å²) < 4.78 is 13.1. The summed E-state index contributed by atoms with van der Waals surface area (Å²) in [6.07, 6.45) is 5.65. The maximum Gasteiger partial charge on any atom is 0.234 e. The van der Waals surface area contributed by atoms with E-state index in [0.29, 0.717) is 23.2 Å². The fourth-order valence-electron chi connectivity index (χ4n) is 2.72. The second kappa shape index (κ2) is 7.06. The summed E-state index contributed by atoms with van der Waals surface area (Å²) in [5.74, 6) is 2.13. The van der Waals surface area contributed by atoms with Gasteiger partial charge in [-0.3, -0.25) is 4.40 Å². The van der Waals surface area contributed by atoms with Crippen LogP contribution in [-0.2, 0) is 6.61 Å². The maximum absolute atomic E-state index is 6.04. The topological polar surface area (TPSA) is 48.7 Å². The van der Waals surface area contributed by atoms with E-state index in [0.717, 1.165) is 22.6 Å². The standard InChI is InChI=1S/C20H16ClN3O2/c1-25-19-9-15(21)7-8-18(19)14-10-22-20-23-16(12-24(20)11-14)13-26-17-5-3-2-4-6-17/h2-12H,13H2,1H3. The molecule has 130 valence electrons. The molecule has 0 saturated heterocycles. The van der Waals surface area contributed by atoms with Crippen molar-refractivity contribution in [1.82, 2.24) is 14.4 Å². The quantitative estimate of drug-likeness (QED) is 0.517. The van der Waals surface area contributed by atoms with Gasteiger partial charge in [0.05, 0.1) is 12.8 Å². The van der Waals surface area contributed by atoms with Crippen molar-refractivity contribution < 1.29 is 9.47 Å². The van der Waals surface area contributed by atoms with Crippen molar-refractivity contribution in [3.05, 3.63) is 77.8 Å². The molecule has 6 heteroatoms. The first-order valence-electron chi connectivity index (χ1n) is 8.08. The molecule has 2 aromatic heterocycles. The van der Waals surface area contributed by atoms with E-state index in [9.17, 15) is 0 Å². The number of halogens is 1. The fourth-order valence-corrected chi connectivity index (χ4v) is 2.88. The van der Waals surface area contributed by atoms with E-state index in [-0.39, 0.29) is 0 Å². The van der Waals surface area contributed by atoms with Gasteiger partial charge in [0.2, 0.25) is 5.78 Å². The summed E-state index contributed by atoms with van der Waals surface area (Å²) in [5, 5.41) is 0.627. The number of methoxy groups -OCH3 is 1. The van der Waals surface area contributed by atoms with Crippen LogP contribution in [0.4, 0.5) is 0 Å². The van der Waals surface area contributed by atoms with Gasteiger partial charge in [-0.1, -0.05) is 29.8 Å². The summed E-state index contributed by atoms with van der Waals surface area (Å²) in [6.45, 7) is 0.382. The Morgan fingerprint density at radius 1 is 1.08 bits per heavy atom. The molecule has 0 radical (unpaired) electrons. The SMILES string of the molecule is COc1cc(Cl)ccc1-c1cnc2nc(COc3ccccc3)cn2c1. The molecule has 0 saturated carbocycles. The van der Waals surface area contributed by atoms with E-state index in [1.54, 1.807) is 19.4 Å². The van der Waals surface area contributed by atoms with Gasteiger partial charge in [0.15, 0.2) is 0 Å². The number of para-hydroxylation sites is 1. The van der Waals surface area contributed by atoms with Crippen LogP contribution in [0.25, 0.3) is 16.9 Å². The smallest absolute Gasteiger partial charge is 0.234 e. The molecule has 0 fully saturated rings. The van der Waals surface area contributed by atoms with E-state index < -0.39 is 0 Å². The lowest BCUT2D eigenvalue weighted by molar-refractivity contribution is 0.302. The molecule has 4 aromatic rings. The number of hydrogen-bond donors (Lipinski definition) is 0. The van der Waals surface area contributed by atoms with Crippen molar-refractivity contribution in [1.29, 1.82) is 0 Å². The Morgan fingerprint density at radius 2 is 1.92 bits per heavy atom. The molecular weight excluding hydrogens is 350 g/mol. The number of rotatable bonds is 5. The average molecular weight is 366 g/mol. The molecule has 0 spiro atoms. The van der Waals surface area contributed by atoms with Crippen LogP contribution in [0, 0.1) is 0 Å². The Bertz CT molecular complexity index is 1050. The van der Waals surface area contributed by atoms with E-state index in [1.807, 2.05) is 59.3 Å². The zero-order valence-corrected chi connectivity index (χ0v) is 14.8. The predicted octanol–water partition coefficient (Wildman–Crippen LogP) is 4.64. The molecular formula is C20H16ClN3O2. The lowest BCUT2D eigenvalue weighted by atomic mass is 10.1. The minimum absolute atomic E-state index is 0.382. The lowest BCUT2D eigenvalue weighted by Crippen LogP contribution is -1.94. The van der Waals surface area contributed by atoms with Crippen molar-refractivity contribution in [2.24, 2.45) is 0 Å². The van der Waals surface area contributed by atoms with Gasteiger partial charge in [-0.2, -0.15) is 0 Å². The van der Waals surface area contributed by atoms with Crippen molar-refractivity contribution in [3.63, 3.8) is 0 Å². The van der Waals surface area contributed by atoms with Crippen molar-refractivity contribution in [2.45, 2.75) is 6.61 Å². The molecule has 4 rings (SSSR count). The van der Waals surface area contributed by atoms with Gasteiger partial charge in [-0.15, -0.1) is 0 Å². The summed E-state index contributed by atoms with van der Waals surface area (Å²) >= 11 is 6.04. The Labute approximate surface area is 155 Å². The predicted molar refractivity (Wildman–Crippen MR) is 101 cm³/mol. The van der Waals surface area contributed by atoms with Crippen molar-refractivity contribution in [2.75, 3.05) is 7.11 Å². The highest BCUT2D eigenvalue weighted by Gasteiger charge is 2.10. The van der Waals surface area contributed by atoms with E-state index >= 15 is 0 Å². The van der Waals surface area contributed by atoms with Gasteiger partial charge in [-0.05, 0) is 30.3 Å². The monoisotopic (exact) mass is 365 g/mol. The van der Waals surface area contributed by atoms with Crippen LogP contribution in [-0.4, -0.2) is 21.5 Å². The molecule has 0 aliphatic rings. The van der Waals surface area contributed by atoms with Gasteiger partial charge in [0.1, 0.15) is 18.1 Å². The second-order valence-corrected chi connectivity index (χ2v) is 6.16. The molecule has 0 bridgehead atoms. The molecule has 0 aliphatic carbocycles.